The van der Waals surface area contributed by atoms with Gasteiger partial charge in [0.1, 0.15) is 11.5 Å². The monoisotopic (exact) mass is 434 g/mol. The highest BCUT2D eigenvalue weighted by Gasteiger charge is 2.30. The summed E-state index contributed by atoms with van der Waals surface area (Å²) in [6.45, 7) is 1.97. The van der Waals surface area contributed by atoms with Gasteiger partial charge in [0.05, 0.1) is 18.6 Å². The number of esters is 1. The van der Waals surface area contributed by atoms with Gasteiger partial charge in [0.2, 0.25) is 0 Å². The van der Waals surface area contributed by atoms with E-state index >= 15 is 0 Å². The number of carbonyl (C=O) groups is 1. The molecule has 0 aliphatic carbocycles. The highest BCUT2D eigenvalue weighted by atomic mass is 35.5. The van der Waals surface area contributed by atoms with Crippen LogP contribution in [0.3, 0.4) is 0 Å². The van der Waals surface area contributed by atoms with Gasteiger partial charge in [0.25, 0.3) is 0 Å². The summed E-state index contributed by atoms with van der Waals surface area (Å²) in [6, 6.07) is 16.7. The number of halogens is 4. The number of alkyl halides is 3. The highest BCUT2D eigenvalue weighted by molar-refractivity contribution is 6.30. The van der Waals surface area contributed by atoms with E-state index in [1.807, 2.05) is 0 Å². The first kappa shape index (κ1) is 21.7. The Hall–Kier alpha value is -2.99. The first-order chi connectivity index (χ1) is 14.2. The quantitative estimate of drug-likeness (QED) is 0.395. The van der Waals surface area contributed by atoms with E-state index in [0.29, 0.717) is 33.2 Å². The van der Waals surface area contributed by atoms with E-state index in [2.05, 4.69) is 0 Å². The Morgan fingerprint density at radius 3 is 2.17 bits per heavy atom. The Balaban J connectivity index is 1.96. The van der Waals surface area contributed by atoms with Crippen molar-refractivity contribution in [2.24, 2.45) is 0 Å². The zero-order valence-corrected chi connectivity index (χ0v) is 16.8. The maximum atomic E-state index is 12.9. The lowest BCUT2D eigenvalue weighted by atomic mass is 10.00. The van der Waals surface area contributed by atoms with Gasteiger partial charge >= 0.3 is 12.1 Å². The third kappa shape index (κ3) is 5.76. The number of benzene rings is 3. The molecule has 30 heavy (non-hydrogen) atoms. The van der Waals surface area contributed by atoms with Gasteiger partial charge in [-0.1, -0.05) is 29.8 Å². The average molecular weight is 435 g/mol. The summed E-state index contributed by atoms with van der Waals surface area (Å²) in [7, 11) is 0. The molecule has 3 rings (SSSR count). The predicted octanol–water partition coefficient (Wildman–Crippen LogP) is 6.92. The van der Waals surface area contributed by atoms with E-state index in [1.54, 1.807) is 49.4 Å². The third-order valence-electron chi connectivity index (χ3n) is 4.22. The second kappa shape index (κ2) is 9.22. The van der Waals surface area contributed by atoms with Crippen LogP contribution in [0.1, 0.15) is 18.1 Å². The highest BCUT2D eigenvalue weighted by Crippen LogP contribution is 2.33. The van der Waals surface area contributed by atoms with Gasteiger partial charge in [-0.2, -0.15) is 13.2 Å². The zero-order chi connectivity index (χ0) is 21.7. The Bertz CT molecular complexity index is 1010. The topological polar surface area (TPSA) is 35.5 Å². The van der Waals surface area contributed by atoms with Gasteiger partial charge in [-0.3, -0.25) is 4.79 Å². The van der Waals surface area contributed by atoms with Crippen LogP contribution >= 0.6 is 11.6 Å². The van der Waals surface area contributed by atoms with Crippen molar-refractivity contribution < 1.29 is 27.4 Å². The molecule has 3 aromatic rings. The summed E-state index contributed by atoms with van der Waals surface area (Å²) in [6.07, 6.45) is -4.40. The van der Waals surface area contributed by atoms with Gasteiger partial charge in [0, 0.05) is 5.02 Å². The van der Waals surface area contributed by atoms with Crippen LogP contribution in [0.5, 0.6) is 11.5 Å². The van der Waals surface area contributed by atoms with E-state index in [1.165, 1.54) is 12.1 Å². The largest absolute Gasteiger partial charge is 0.466 e. The molecule has 0 spiro atoms. The van der Waals surface area contributed by atoms with Crippen LogP contribution in [-0.4, -0.2) is 12.6 Å². The molecule has 0 saturated heterocycles. The van der Waals surface area contributed by atoms with Gasteiger partial charge in [-0.05, 0) is 72.1 Å². The van der Waals surface area contributed by atoms with Crippen LogP contribution in [0.2, 0.25) is 5.02 Å². The van der Waals surface area contributed by atoms with Crippen molar-refractivity contribution in [3.8, 4) is 22.6 Å². The second-order valence-corrected chi connectivity index (χ2v) is 6.91. The molecule has 3 nitrogen and oxygen atoms in total. The minimum absolute atomic E-state index is 0.0132. The van der Waals surface area contributed by atoms with Crippen molar-refractivity contribution in [3.63, 3.8) is 0 Å². The fourth-order valence-corrected chi connectivity index (χ4v) is 2.98. The molecule has 0 atom stereocenters. The number of rotatable bonds is 6. The number of ether oxygens (including phenoxy) is 2. The Morgan fingerprint density at radius 2 is 1.57 bits per heavy atom. The van der Waals surface area contributed by atoms with E-state index < -0.39 is 17.7 Å². The van der Waals surface area contributed by atoms with Gasteiger partial charge < -0.3 is 9.47 Å². The number of hydrogen-bond donors (Lipinski definition) is 0. The molecule has 0 bridgehead atoms. The predicted molar refractivity (Wildman–Crippen MR) is 109 cm³/mol. The van der Waals surface area contributed by atoms with Crippen molar-refractivity contribution in [3.05, 3.63) is 82.9 Å². The number of hydrogen-bond acceptors (Lipinski definition) is 3. The molecule has 0 unspecified atom stereocenters. The normalized spacial score (nSPS) is 11.2. The van der Waals surface area contributed by atoms with E-state index in [9.17, 15) is 18.0 Å². The lowest BCUT2D eigenvalue weighted by Gasteiger charge is -2.12. The summed E-state index contributed by atoms with van der Waals surface area (Å²) in [4.78, 5) is 11.9. The zero-order valence-electron chi connectivity index (χ0n) is 16.0. The summed E-state index contributed by atoms with van der Waals surface area (Å²) in [5.74, 6) is 0.569. The first-order valence-electron chi connectivity index (χ1n) is 9.15. The molecular formula is C23H18ClF3O3. The van der Waals surface area contributed by atoms with Crippen LogP contribution in [0.15, 0.2) is 66.7 Å². The Morgan fingerprint density at radius 1 is 0.900 bits per heavy atom. The van der Waals surface area contributed by atoms with Crippen LogP contribution in [-0.2, 0) is 22.1 Å². The summed E-state index contributed by atoms with van der Waals surface area (Å²) >= 11 is 5.89. The standard InChI is InChI=1S/C23H18ClF3O3/c1-2-29-22(28)13-15-11-17(16-3-5-18(6-4-16)23(25,26)27)14-21(12-15)30-20-9-7-19(24)8-10-20/h3-12,14H,2,13H2,1H3. The van der Waals surface area contributed by atoms with Crippen molar-refractivity contribution in [1.29, 1.82) is 0 Å². The molecule has 0 N–H and O–H groups in total. The Labute approximate surface area is 177 Å². The average Bonchev–Trinajstić information content (AvgIpc) is 2.69. The van der Waals surface area contributed by atoms with Crippen molar-refractivity contribution in [2.45, 2.75) is 19.5 Å². The SMILES string of the molecule is CCOC(=O)Cc1cc(Oc2ccc(Cl)cc2)cc(-c2ccc(C(F)(F)F)cc2)c1. The third-order valence-corrected chi connectivity index (χ3v) is 4.47. The molecule has 0 fully saturated rings. The summed E-state index contributed by atoms with van der Waals surface area (Å²) in [5.41, 5.74) is 1.07. The lowest BCUT2D eigenvalue weighted by Crippen LogP contribution is -2.07. The van der Waals surface area contributed by atoms with Gasteiger partial charge in [-0.15, -0.1) is 0 Å². The molecule has 7 heteroatoms. The maximum absolute atomic E-state index is 12.9. The van der Waals surface area contributed by atoms with Crippen molar-refractivity contribution >= 4 is 17.6 Å². The summed E-state index contributed by atoms with van der Waals surface area (Å²) in [5, 5.41) is 0.559. The van der Waals surface area contributed by atoms with Crippen molar-refractivity contribution in [1.82, 2.24) is 0 Å². The van der Waals surface area contributed by atoms with E-state index in [4.69, 9.17) is 21.1 Å². The summed E-state index contributed by atoms with van der Waals surface area (Å²) < 4.78 is 49.4. The fourth-order valence-electron chi connectivity index (χ4n) is 2.86. The lowest BCUT2D eigenvalue weighted by molar-refractivity contribution is -0.142. The minimum atomic E-state index is -4.41. The molecular weight excluding hydrogens is 417 g/mol. The molecule has 0 radical (unpaired) electrons. The molecule has 3 aromatic carbocycles. The molecule has 0 aliphatic rings. The minimum Gasteiger partial charge on any atom is -0.466 e. The van der Waals surface area contributed by atoms with Crippen molar-refractivity contribution in [2.75, 3.05) is 6.61 Å². The van der Waals surface area contributed by atoms with E-state index in [-0.39, 0.29) is 13.0 Å². The number of carbonyl (C=O) groups excluding carboxylic acids is 1. The molecule has 0 heterocycles. The fraction of sp³-hybridized carbons (Fsp3) is 0.174. The molecule has 156 valence electrons. The van der Waals surface area contributed by atoms with Crippen LogP contribution in [0, 0.1) is 0 Å². The first-order valence-corrected chi connectivity index (χ1v) is 9.53. The van der Waals surface area contributed by atoms with Crippen LogP contribution in [0.4, 0.5) is 13.2 Å². The van der Waals surface area contributed by atoms with Crippen LogP contribution < -0.4 is 4.74 Å². The van der Waals surface area contributed by atoms with Crippen LogP contribution in [0.25, 0.3) is 11.1 Å². The maximum Gasteiger partial charge on any atom is 0.416 e. The van der Waals surface area contributed by atoms with Gasteiger partial charge in [0.15, 0.2) is 0 Å². The molecule has 0 amide bonds. The molecule has 0 saturated carbocycles. The Kier molecular flexibility index (Phi) is 6.67. The van der Waals surface area contributed by atoms with E-state index in [0.717, 1.165) is 12.1 Å². The molecule has 0 aromatic heterocycles. The van der Waals surface area contributed by atoms with Gasteiger partial charge in [-0.25, -0.2) is 0 Å². The second-order valence-electron chi connectivity index (χ2n) is 6.48. The molecule has 0 aliphatic heterocycles. The smallest absolute Gasteiger partial charge is 0.416 e.